The molecule has 0 fully saturated rings. The Morgan fingerprint density at radius 3 is 2.96 bits per heavy atom. The molecule has 2 heterocycles. The predicted molar refractivity (Wildman–Crippen MR) is 102 cm³/mol. The van der Waals surface area contributed by atoms with Crippen LogP contribution in [0.15, 0.2) is 59.9 Å². The molecule has 4 rings (SSSR count). The maximum atomic E-state index is 12.4. The highest BCUT2D eigenvalue weighted by atomic mass is 16.5. The number of rotatable bonds is 3. The number of aromatic nitrogens is 1. The molecule has 1 aliphatic heterocycles. The number of amides is 1. The van der Waals surface area contributed by atoms with Gasteiger partial charge in [-0.2, -0.15) is 0 Å². The van der Waals surface area contributed by atoms with Crippen LogP contribution in [0, 0.1) is 0 Å². The second-order valence-electron chi connectivity index (χ2n) is 6.16. The van der Waals surface area contributed by atoms with Crippen molar-refractivity contribution < 1.29 is 14.5 Å². The van der Waals surface area contributed by atoms with Gasteiger partial charge in [-0.05, 0) is 35.2 Å². The molecule has 3 aromatic rings. The fourth-order valence-corrected chi connectivity index (χ4v) is 2.98. The van der Waals surface area contributed by atoms with E-state index in [1.165, 1.54) is 0 Å². The summed E-state index contributed by atoms with van der Waals surface area (Å²) in [4.78, 5) is 20.7. The zero-order chi connectivity index (χ0) is 18.1. The minimum atomic E-state index is -1.02. The van der Waals surface area contributed by atoms with Crippen LogP contribution in [0.4, 0.5) is 11.4 Å². The van der Waals surface area contributed by atoms with Gasteiger partial charge < -0.3 is 15.0 Å². The fraction of sp³-hybridized carbons (Fsp3) is 0.105. The van der Waals surface area contributed by atoms with Crippen molar-refractivity contribution in [2.45, 2.75) is 13.3 Å². The van der Waals surface area contributed by atoms with Gasteiger partial charge in [-0.3, -0.25) is 9.78 Å². The fourth-order valence-electron chi connectivity index (χ4n) is 2.98. The van der Waals surface area contributed by atoms with Gasteiger partial charge in [-0.1, -0.05) is 18.2 Å². The quantitative estimate of drug-likeness (QED) is 0.713. The molecule has 1 aliphatic rings. The van der Waals surface area contributed by atoms with E-state index in [0.29, 0.717) is 17.0 Å². The molecule has 0 bridgehead atoms. The lowest BCUT2D eigenvalue weighted by Gasteiger charge is -2.17. The van der Waals surface area contributed by atoms with Crippen molar-refractivity contribution in [2.24, 2.45) is 4.99 Å². The highest BCUT2D eigenvalue weighted by molar-refractivity contribution is 6.64. The number of carbonyl (C=O) groups excluding carboxylic acids is 1. The molecule has 1 amide bonds. The molecule has 6 nitrogen and oxygen atoms in total. The lowest BCUT2D eigenvalue weighted by atomic mass is 9.77. The Morgan fingerprint density at radius 1 is 1.19 bits per heavy atom. The van der Waals surface area contributed by atoms with E-state index in [0.717, 1.165) is 22.0 Å². The monoisotopic (exact) mass is 345 g/mol. The molecule has 2 N–H and O–H groups in total. The number of nitrogens with one attached hydrogen (secondary N) is 1. The summed E-state index contributed by atoms with van der Waals surface area (Å²) in [6, 6.07) is 12.9. The zero-order valence-electron chi connectivity index (χ0n) is 14.1. The predicted octanol–water partition coefficient (Wildman–Crippen LogP) is 2.18. The van der Waals surface area contributed by atoms with Crippen LogP contribution in [0.25, 0.3) is 10.8 Å². The van der Waals surface area contributed by atoms with Gasteiger partial charge in [0, 0.05) is 35.9 Å². The SMILES string of the molecule is CC1=Nc2cc(CC(=O)Nc3ccc4cnccc4c3)ccc2B(O)O1. The number of hydrogen-bond acceptors (Lipinski definition) is 5. The van der Waals surface area contributed by atoms with Crippen LogP contribution in [0.1, 0.15) is 12.5 Å². The molecule has 7 heteroatoms. The molecular weight excluding hydrogens is 329 g/mol. The number of nitrogens with zero attached hydrogens (tertiary/aromatic N) is 2. The summed E-state index contributed by atoms with van der Waals surface area (Å²) in [5.41, 5.74) is 2.79. The maximum absolute atomic E-state index is 12.4. The van der Waals surface area contributed by atoms with Crippen molar-refractivity contribution in [2.75, 3.05) is 5.32 Å². The van der Waals surface area contributed by atoms with E-state index in [4.69, 9.17) is 4.65 Å². The molecule has 26 heavy (non-hydrogen) atoms. The molecule has 128 valence electrons. The Bertz CT molecular complexity index is 1040. The van der Waals surface area contributed by atoms with E-state index < -0.39 is 7.12 Å². The van der Waals surface area contributed by atoms with E-state index in [2.05, 4.69) is 15.3 Å². The van der Waals surface area contributed by atoms with Gasteiger partial charge in [-0.25, -0.2) is 4.99 Å². The lowest BCUT2D eigenvalue weighted by Crippen LogP contribution is -2.38. The Morgan fingerprint density at radius 2 is 2.08 bits per heavy atom. The molecule has 0 atom stereocenters. The number of benzene rings is 2. The molecule has 0 saturated heterocycles. The average Bonchev–Trinajstić information content (AvgIpc) is 2.61. The van der Waals surface area contributed by atoms with Crippen molar-refractivity contribution in [3.63, 3.8) is 0 Å². The number of anilines is 1. The van der Waals surface area contributed by atoms with Crippen LogP contribution < -0.4 is 10.8 Å². The topological polar surface area (TPSA) is 83.8 Å². The van der Waals surface area contributed by atoms with Crippen LogP contribution in [-0.4, -0.2) is 28.9 Å². The molecule has 1 aromatic heterocycles. The Hall–Kier alpha value is -3.19. The largest absolute Gasteiger partial charge is 0.563 e. The van der Waals surface area contributed by atoms with Gasteiger partial charge in [0.05, 0.1) is 12.1 Å². The van der Waals surface area contributed by atoms with Gasteiger partial charge in [-0.15, -0.1) is 0 Å². The molecule has 0 saturated carbocycles. The highest BCUT2D eigenvalue weighted by Crippen LogP contribution is 2.20. The number of hydrogen-bond donors (Lipinski definition) is 2. The second-order valence-corrected chi connectivity index (χ2v) is 6.16. The van der Waals surface area contributed by atoms with Crippen molar-refractivity contribution >= 4 is 46.5 Å². The van der Waals surface area contributed by atoms with Gasteiger partial charge in [0.2, 0.25) is 5.91 Å². The smallest absolute Gasteiger partial charge is 0.522 e. The van der Waals surface area contributed by atoms with Crippen molar-refractivity contribution in [3.8, 4) is 0 Å². The number of carbonyl (C=O) groups is 1. The van der Waals surface area contributed by atoms with Gasteiger partial charge in [0.1, 0.15) is 0 Å². The molecule has 2 aromatic carbocycles. The Balaban J connectivity index is 1.50. The van der Waals surface area contributed by atoms with Crippen LogP contribution in [0.2, 0.25) is 0 Å². The third-order valence-corrected chi connectivity index (χ3v) is 4.21. The zero-order valence-corrected chi connectivity index (χ0v) is 14.1. The summed E-state index contributed by atoms with van der Waals surface area (Å²) in [5, 5.41) is 14.9. The minimum Gasteiger partial charge on any atom is -0.522 e. The first-order valence-electron chi connectivity index (χ1n) is 8.25. The summed E-state index contributed by atoms with van der Waals surface area (Å²) in [6.07, 6.45) is 3.73. The Kier molecular flexibility index (Phi) is 4.14. The summed E-state index contributed by atoms with van der Waals surface area (Å²) in [5.74, 6) is 0.281. The molecule has 0 radical (unpaired) electrons. The number of pyridine rings is 1. The first kappa shape index (κ1) is 16.3. The molecule has 0 unspecified atom stereocenters. The summed E-state index contributed by atoms with van der Waals surface area (Å²) in [7, 11) is -1.02. The number of fused-ring (bicyclic) bond motifs is 2. The van der Waals surface area contributed by atoms with Crippen molar-refractivity contribution in [3.05, 3.63) is 60.4 Å². The van der Waals surface area contributed by atoms with E-state index in [-0.39, 0.29) is 12.3 Å². The van der Waals surface area contributed by atoms with E-state index in [1.54, 1.807) is 37.5 Å². The van der Waals surface area contributed by atoms with Crippen LogP contribution in [0.3, 0.4) is 0 Å². The van der Waals surface area contributed by atoms with E-state index >= 15 is 0 Å². The van der Waals surface area contributed by atoms with Gasteiger partial charge >= 0.3 is 7.12 Å². The standard InChI is InChI=1S/C19H16BN3O3/c1-12-22-18-8-13(2-5-17(18)20(25)26-12)9-19(24)23-16-4-3-15-11-21-7-6-14(15)10-16/h2-8,10-11,25H,9H2,1H3,(H,23,24). The first-order valence-corrected chi connectivity index (χ1v) is 8.25. The average molecular weight is 345 g/mol. The normalized spacial score (nSPS) is 13.0. The van der Waals surface area contributed by atoms with Gasteiger partial charge in [0.15, 0.2) is 5.90 Å². The molecule has 0 spiro atoms. The molecular formula is C19H16BN3O3. The third kappa shape index (κ3) is 3.29. The van der Waals surface area contributed by atoms with E-state index in [1.807, 2.05) is 24.3 Å². The lowest BCUT2D eigenvalue weighted by molar-refractivity contribution is -0.115. The van der Waals surface area contributed by atoms with Gasteiger partial charge in [0.25, 0.3) is 0 Å². The summed E-state index contributed by atoms with van der Waals surface area (Å²) in [6.45, 7) is 1.68. The minimum absolute atomic E-state index is 0.119. The summed E-state index contributed by atoms with van der Waals surface area (Å²) < 4.78 is 5.17. The van der Waals surface area contributed by atoms with Crippen molar-refractivity contribution in [1.82, 2.24) is 4.98 Å². The summed E-state index contributed by atoms with van der Waals surface area (Å²) >= 11 is 0. The van der Waals surface area contributed by atoms with Crippen molar-refractivity contribution in [1.29, 1.82) is 0 Å². The highest BCUT2D eigenvalue weighted by Gasteiger charge is 2.27. The van der Waals surface area contributed by atoms with Crippen LogP contribution >= 0.6 is 0 Å². The van der Waals surface area contributed by atoms with Crippen LogP contribution in [0.5, 0.6) is 0 Å². The third-order valence-electron chi connectivity index (χ3n) is 4.21. The van der Waals surface area contributed by atoms with E-state index in [9.17, 15) is 9.82 Å². The first-order chi connectivity index (χ1) is 12.6. The Labute approximate surface area is 150 Å². The molecule has 0 aliphatic carbocycles. The maximum Gasteiger partial charge on any atom is 0.563 e. The second kappa shape index (κ2) is 6.61. The van der Waals surface area contributed by atoms with Crippen LogP contribution in [-0.2, 0) is 15.9 Å². The number of aliphatic imine (C=N–C) groups is 1.